The van der Waals surface area contributed by atoms with Gasteiger partial charge in [-0.15, -0.1) is 0 Å². The van der Waals surface area contributed by atoms with Crippen molar-refractivity contribution < 1.29 is 9.84 Å². The lowest BCUT2D eigenvalue weighted by atomic mass is 10.0. The smallest absolute Gasteiger partial charge is 0.115 e. The maximum Gasteiger partial charge on any atom is 0.115 e. The highest BCUT2D eigenvalue weighted by atomic mass is 16.5. The number of benzene rings is 1. The molecule has 1 aliphatic heterocycles. The van der Waals surface area contributed by atoms with E-state index < -0.39 is 0 Å². The summed E-state index contributed by atoms with van der Waals surface area (Å²) in [5.41, 5.74) is 1.30. The zero-order valence-electron chi connectivity index (χ0n) is 12.0. The lowest BCUT2D eigenvalue weighted by Crippen LogP contribution is -2.46. The van der Waals surface area contributed by atoms with Crippen LogP contribution in [0.1, 0.15) is 32.3 Å². The molecular weight excluding hydrogens is 238 g/mol. The van der Waals surface area contributed by atoms with Crippen molar-refractivity contribution in [3.63, 3.8) is 0 Å². The molecule has 2 rings (SSSR count). The van der Waals surface area contributed by atoms with E-state index >= 15 is 0 Å². The van der Waals surface area contributed by atoms with Gasteiger partial charge in [0.05, 0.1) is 12.7 Å². The van der Waals surface area contributed by atoms with E-state index in [4.69, 9.17) is 4.74 Å². The Bertz CT molecular complexity index is 377. The molecule has 3 heteroatoms. The van der Waals surface area contributed by atoms with Crippen molar-refractivity contribution in [1.29, 1.82) is 0 Å². The van der Waals surface area contributed by atoms with E-state index in [9.17, 15) is 5.11 Å². The molecule has 0 saturated carbocycles. The zero-order chi connectivity index (χ0) is 13.7. The van der Waals surface area contributed by atoms with Crippen LogP contribution in [0.15, 0.2) is 24.3 Å². The molecule has 0 radical (unpaired) electrons. The Labute approximate surface area is 116 Å². The highest BCUT2D eigenvalue weighted by Crippen LogP contribution is 2.16. The van der Waals surface area contributed by atoms with Crippen LogP contribution in [0.4, 0.5) is 0 Å². The quantitative estimate of drug-likeness (QED) is 0.886. The van der Waals surface area contributed by atoms with Crippen LogP contribution in [-0.4, -0.2) is 41.8 Å². The van der Waals surface area contributed by atoms with Gasteiger partial charge in [-0.1, -0.05) is 19.1 Å². The molecule has 0 aliphatic carbocycles. The number of phenolic OH excluding ortho intramolecular Hbond substituents is 1. The number of hydrogen-bond acceptors (Lipinski definition) is 3. The van der Waals surface area contributed by atoms with E-state index in [1.54, 1.807) is 12.1 Å². The second-order valence-corrected chi connectivity index (χ2v) is 5.45. The summed E-state index contributed by atoms with van der Waals surface area (Å²) >= 11 is 0. The van der Waals surface area contributed by atoms with Crippen LogP contribution in [0, 0.1) is 0 Å². The SMILES string of the molecule is CCC1CN(C(C)CCc2ccc(O)cc2)CCO1. The third-order valence-electron chi connectivity index (χ3n) is 4.04. The van der Waals surface area contributed by atoms with E-state index in [2.05, 4.69) is 18.7 Å². The highest BCUT2D eigenvalue weighted by molar-refractivity contribution is 5.25. The largest absolute Gasteiger partial charge is 0.508 e. The molecule has 0 spiro atoms. The third kappa shape index (κ3) is 4.22. The summed E-state index contributed by atoms with van der Waals surface area (Å²) in [7, 11) is 0. The molecular formula is C16H25NO2. The first-order valence-electron chi connectivity index (χ1n) is 7.32. The highest BCUT2D eigenvalue weighted by Gasteiger charge is 2.22. The molecule has 0 bridgehead atoms. The lowest BCUT2D eigenvalue weighted by Gasteiger charge is -2.36. The number of aryl methyl sites for hydroxylation is 1. The van der Waals surface area contributed by atoms with E-state index in [1.807, 2.05) is 12.1 Å². The fourth-order valence-electron chi connectivity index (χ4n) is 2.61. The van der Waals surface area contributed by atoms with Gasteiger partial charge in [0.2, 0.25) is 0 Å². The van der Waals surface area contributed by atoms with Gasteiger partial charge < -0.3 is 9.84 Å². The summed E-state index contributed by atoms with van der Waals surface area (Å²) in [6.45, 7) is 7.47. The summed E-state index contributed by atoms with van der Waals surface area (Å²) in [4.78, 5) is 2.54. The van der Waals surface area contributed by atoms with Crippen molar-refractivity contribution in [2.75, 3.05) is 19.7 Å². The van der Waals surface area contributed by atoms with Gasteiger partial charge >= 0.3 is 0 Å². The minimum absolute atomic E-state index is 0.343. The molecule has 1 saturated heterocycles. The Morgan fingerprint density at radius 2 is 2.11 bits per heavy atom. The molecule has 3 nitrogen and oxygen atoms in total. The first-order chi connectivity index (χ1) is 9.19. The van der Waals surface area contributed by atoms with E-state index in [0.29, 0.717) is 17.9 Å². The van der Waals surface area contributed by atoms with Crippen molar-refractivity contribution in [3.05, 3.63) is 29.8 Å². The minimum atomic E-state index is 0.343. The van der Waals surface area contributed by atoms with Gasteiger partial charge in [0, 0.05) is 19.1 Å². The summed E-state index contributed by atoms with van der Waals surface area (Å²) < 4.78 is 5.71. The number of ether oxygens (including phenoxy) is 1. The van der Waals surface area contributed by atoms with Crippen LogP contribution < -0.4 is 0 Å². The van der Waals surface area contributed by atoms with E-state index in [-0.39, 0.29) is 0 Å². The van der Waals surface area contributed by atoms with Crippen molar-refractivity contribution in [2.45, 2.75) is 45.3 Å². The van der Waals surface area contributed by atoms with E-state index in [0.717, 1.165) is 39.0 Å². The molecule has 2 unspecified atom stereocenters. The first-order valence-corrected chi connectivity index (χ1v) is 7.32. The van der Waals surface area contributed by atoms with Crippen molar-refractivity contribution in [1.82, 2.24) is 4.90 Å². The Kier molecular flexibility index (Phi) is 5.23. The molecule has 1 aliphatic rings. The molecule has 2 atom stereocenters. The third-order valence-corrected chi connectivity index (χ3v) is 4.04. The van der Waals surface area contributed by atoms with Crippen molar-refractivity contribution in [3.8, 4) is 5.75 Å². The Hall–Kier alpha value is -1.06. The number of nitrogens with zero attached hydrogens (tertiary/aromatic N) is 1. The molecule has 1 N–H and O–H groups in total. The fourth-order valence-corrected chi connectivity index (χ4v) is 2.61. The van der Waals surface area contributed by atoms with Gasteiger partial charge in [-0.2, -0.15) is 0 Å². The summed E-state index contributed by atoms with van der Waals surface area (Å²) in [5, 5.41) is 9.27. The van der Waals surface area contributed by atoms with E-state index in [1.165, 1.54) is 5.56 Å². The predicted octanol–water partition coefficient (Wildman–Crippen LogP) is 2.82. The normalized spacial score (nSPS) is 22.3. The Morgan fingerprint density at radius 3 is 2.79 bits per heavy atom. The number of aromatic hydroxyl groups is 1. The number of rotatable bonds is 5. The van der Waals surface area contributed by atoms with Crippen LogP contribution in [-0.2, 0) is 11.2 Å². The molecule has 19 heavy (non-hydrogen) atoms. The molecule has 1 heterocycles. The molecule has 106 valence electrons. The van der Waals surface area contributed by atoms with Crippen LogP contribution in [0.2, 0.25) is 0 Å². The topological polar surface area (TPSA) is 32.7 Å². The summed E-state index contributed by atoms with van der Waals surface area (Å²) in [5.74, 6) is 0.343. The number of phenols is 1. The van der Waals surface area contributed by atoms with Crippen LogP contribution in [0.5, 0.6) is 5.75 Å². The van der Waals surface area contributed by atoms with Gasteiger partial charge in [0.25, 0.3) is 0 Å². The summed E-state index contributed by atoms with van der Waals surface area (Å²) in [6.07, 6.45) is 3.72. The van der Waals surface area contributed by atoms with Gasteiger partial charge in [0.1, 0.15) is 5.75 Å². The first kappa shape index (κ1) is 14.4. The second kappa shape index (κ2) is 6.92. The number of morpholine rings is 1. The molecule has 1 aromatic carbocycles. The van der Waals surface area contributed by atoms with Crippen molar-refractivity contribution >= 4 is 0 Å². The Balaban J connectivity index is 1.80. The Morgan fingerprint density at radius 1 is 1.37 bits per heavy atom. The fraction of sp³-hybridized carbons (Fsp3) is 0.625. The van der Waals surface area contributed by atoms with Crippen LogP contribution >= 0.6 is 0 Å². The molecule has 0 amide bonds. The maximum absolute atomic E-state index is 9.27. The number of hydrogen-bond donors (Lipinski definition) is 1. The van der Waals surface area contributed by atoms with Gasteiger partial charge in [-0.3, -0.25) is 4.90 Å². The summed E-state index contributed by atoms with van der Waals surface area (Å²) in [6, 6.07) is 8.14. The second-order valence-electron chi connectivity index (χ2n) is 5.45. The van der Waals surface area contributed by atoms with Gasteiger partial charge in [-0.25, -0.2) is 0 Å². The monoisotopic (exact) mass is 263 g/mol. The van der Waals surface area contributed by atoms with Gasteiger partial charge in [-0.05, 0) is 43.9 Å². The molecule has 1 fully saturated rings. The standard InChI is InChI=1S/C16H25NO2/c1-3-16-12-17(10-11-19-16)13(2)4-5-14-6-8-15(18)9-7-14/h6-9,13,16,18H,3-5,10-12H2,1-2H3. The van der Waals surface area contributed by atoms with Gasteiger partial charge in [0.15, 0.2) is 0 Å². The average Bonchev–Trinajstić information content (AvgIpc) is 2.46. The minimum Gasteiger partial charge on any atom is -0.508 e. The van der Waals surface area contributed by atoms with Crippen LogP contribution in [0.25, 0.3) is 0 Å². The predicted molar refractivity (Wildman–Crippen MR) is 77.5 cm³/mol. The molecule has 1 aromatic rings. The average molecular weight is 263 g/mol. The zero-order valence-corrected chi connectivity index (χ0v) is 12.0. The lowest BCUT2D eigenvalue weighted by molar-refractivity contribution is -0.0428. The maximum atomic E-state index is 9.27. The molecule has 0 aromatic heterocycles. The van der Waals surface area contributed by atoms with Crippen LogP contribution in [0.3, 0.4) is 0 Å². The van der Waals surface area contributed by atoms with Crippen molar-refractivity contribution in [2.24, 2.45) is 0 Å².